The van der Waals surface area contributed by atoms with E-state index >= 15 is 0 Å². The summed E-state index contributed by atoms with van der Waals surface area (Å²) < 4.78 is 45.8. The molecule has 0 fully saturated rings. The number of thiophene rings is 1. The van der Waals surface area contributed by atoms with Crippen LogP contribution in [-0.2, 0) is 14.8 Å². The Labute approximate surface area is 175 Å². The number of carbonyl (C=O) groups excluding carboxylic acids is 1. The minimum Gasteiger partial charge on any atom is -0.354 e. The lowest BCUT2D eigenvalue weighted by Gasteiger charge is -2.07. The number of amides is 1. The van der Waals surface area contributed by atoms with Gasteiger partial charge in [-0.15, -0.1) is 11.3 Å². The largest absolute Gasteiger partial charge is 0.354 e. The summed E-state index contributed by atoms with van der Waals surface area (Å²) in [4.78, 5) is 11.9. The van der Waals surface area contributed by atoms with E-state index in [1.165, 1.54) is 19.1 Å². The normalized spacial score (nSPS) is 11.7. The molecule has 1 amide bonds. The first-order valence-corrected chi connectivity index (χ1v) is 10.8. The summed E-state index contributed by atoms with van der Waals surface area (Å²) in [5.41, 5.74) is 1.05. The number of halogens is 2. The Kier molecular flexibility index (Phi) is 6.06. The molecule has 0 unspecified atom stereocenters. The number of benzene rings is 1. The minimum absolute atomic E-state index is 0.0450. The summed E-state index contributed by atoms with van der Waals surface area (Å²) in [5.74, 6) is -0.490. The highest BCUT2D eigenvalue weighted by atomic mass is 35.5. The van der Waals surface area contributed by atoms with Gasteiger partial charge in [0.25, 0.3) is 10.0 Å². The highest BCUT2D eigenvalue weighted by Gasteiger charge is 2.18. The summed E-state index contributed by atoms with van der Waals surface area (Å²) in [6.07, 6.45) is 3.22. The second-order valence-corrected chi connectivity index (χ2v) is 9.34. The van der Waals surface area contributed by atoms with Gasteiger partial charge in [-0.1, -0.05) is 16.8 Å². The molecule has 0 saturated heterocycles. The molecule has 0 radical (unpaired) electrons. The lowest BCUT2D eigenvalue weighted by Crippen LogP contribution is -2.11. The van der Waals surface area contributed by atoms with Gasteiger partial charge < -0.3 is 9.84 Å². The summed E-state index contributed by atoms with van der Waals surface area (Å²) in [6, 6.07) is 6.43. The van der Waals surface area contributed by atoms with Crippen LogP contribution in [0, 0.1) is 12.7 Å². The SMILES string of the molecule is CC(=O)Nc1c(C)noc1C=Cc1ccc(S(=O)(=O)Nc2ccc(F)cc2Cl)s1. The van der Waals surface area contributed by atoms with Crippen molar-refractivity contribution in [2.45, 2.75) is 18.1 Å². The van der Waals surface area contributed by atoms with Crippen LogP contribution in [0.2, 0.25) is 5.02 Å². The van der Waals surface area contributed by atoms with E-state index in [1.54, 1.807) is 25.1 Å². The molecule has 1 aromatic carbocycles. The van der Waals surface area contributed by atoms with Gasteiger partial charge in [0, 0.05) is 11.8 Å². The first kappa shape index (κ1) is 21.0. The van der Waals surface area contributed by atoms with Gasteiger partial charge in [0.1, 0.15) is 21.4 Å². The van der Waals surface area contributed by atoms with E-state index in [2.05, 4.69) is 15.2 Å². The molecule has 2 N–H and O–H groups in total. The zero-order valence-electron chi connectivity index (χ0n) is 15.2. The number of hydrogen-bond donors (Lipinski definition) is 2. The molecule has 7 nitrogen and oxygen atoms in total. The van der Waals surface area contributed by atoms with Gasteiger partial charge >= 0.3 is 0 Å². The fourth-order valence-electron chi connectivity index (χ4n) is 2.32. The average molecular weight is 456 g/mol. The van der Waals surface area contributed by atoms with E-state index in [4.69, 9.17) is 16.1 Å². The quantitative estimate of drug-likeness (QED) is 0.557. The van der Waals surface area contributed by atoms with Crippen LogP contribution in [0.5, 0.6) is 0 Å². The monoisotopic (exact) mass is 455 g/mol. The molecule has 3 aromatic rings. The molecule has 0 aliphatic rings. The molecule has 0 aliphatic carbocycles. The number of aromatic nitrogens is 1. The molecular weight excluding hydrogens is 441 g/mol. The van der Waals surface area contributed by atoms with Crippen molar-refractivity contribution in [2.75, 3.05) is 10.0 Å². The maximum absolute atomic E-state index is 13.1. The number of hydrogen-bond acceptors (Lipinski definition) is 6. The van der Waals surface area contributed by atoms with Gasteiger partial charge in [-0.3, -0.25) is 9.52 Å². The maximum atomic E-state index is 13.1. The van der Waals surface area contributed by atoms with Crippen molar-refractivity contribution >= 4 is 62.4 Å². The molecule has 152 valence electrons. The summed E-state index contributed by atoms with van der Waals surface area (Å²) in [5, 5.41) is 6.40. The van der Waals surface area contributed by atoms with Crippen LogP contribution in [0.25, 0.3) is 12.2 Å². The van der Waals surface area contributed by atoms with Crippen molar-refractivity contribution in [1.82, 2.24) is 5.16 Å². The first-order chi connectivity index (χ1) is 13.7. The van der Waals surface area contributed by atoms with Crippen molar-refractivity contribution in [3.8, 4) is 0 Å². The highest BCUT2D eigenvalue weighted by molar-refractivity contribution is 7.94. The smallest absolute Gasteiger partial charge is 0.271 e. The topological polar surface area (TPSA) is 101 Å². The number of aryl methyl sites for hydroxylation is 1. The first-order valence-electron chi connectivity index (χ1n) is 8.15. The highest BCUT2D eigenvalue weighted by Crippen LogP contribution is 2.29. The summed E-state index contributed by atoms with van der Waals surface area (Å²) in [7, 11) is -3.90. The van der Waals surface area contributed by atoms with Gasteiger partial charge in [0.2, 0.25) is 5.91 Å². The van der Waals surface area contributed by atoms with Crippen molar-refractivity contribution < 1.29 is 22.1 Å². The minimum atomic E-state index is -3.90. The van der Waals surface area contributed by atoms with Crippen molar-refractivity contribution in [1.29, 1.82) is 0 Å². The van der Waals surface area contributed by atoms with E-state index in [0.29, 0.717) is 22.0 Å². The Morgan fingerprint density at radius 2 is 2.03 bits per heavy atom. The molecule has 3 rings (SSSR count). The number of nitrogens with one attached hydrogen (secondary N) is 2. The molecule has 2 aromatic heterocycles. The zero-order valence-corrected chi connectivity index (χ0v) is 17.6. The summed E-state index contributed by atoms with van der Waals surface area (Å²) in [6.45, 7) is 3.06. The molecule has 0 saturated carbocycles. The lowest BCUT2D eigenvalue weighted by molar-refractivity contribution is -0.114. The van der Waals surface area contributed by atoms with Gasteiger partial charge in [0.05, 0.1) is 10.7 Å². The average Bonchev–Trinajstić information content (AvgIpc) is 3.24. The molecule has 0 bridgehead atoms. The van der Waals surface area contributed by atoms with E-state index in [1.807, 2.05) is 0 Å². The fourth-order valence-corrected chi connectivity index (χ4v) is 4.90. The van der Waals surface area contributed by atoms with Gasteiger partial charge in [0.15, 0.2) is 5.76 Å². The number of nitrogens with zero attached hydrogens (tertiary/aromatic N) is 1. The van der Waals surface area contributed by atoms with Crippen LogP contribution in [0.1, 0.15) is 23.3 Å². The maximum Gasteiger partial charge on any atom is 0.271 e. The number of rotatable bonds is 6. The van der Waals surface area contributed by atoms with Crippen molar-refractivity contribution in [3.05, 3.63) is 57.5 Å². The van der Waals surface area contributed by atoms with Crippen molar-refractivity contribution in [2.24, 2.45) is 0 Å². The Hall–Kier alpha value is -2.69. The van der Waals surface area contributed by atoms with Crippen LogP contribution in [0.15, 0.2) is 39.1 Å². The second kappa shape index (κ2) is 8.36. The van der Waals surface area contributed by atoms with E-state index in [0.717, 1.165) is 23.5 Å². The van der Waals surface area contributed by atoms with E-state index in [-0.39, 0.29) is 20.8 Å². The van der Waals surface area contributed by atoms with Crippen LogP contribution in [-0.4, -0.2) is 19.5 Å². The molecule has 0 atom stereocenters. The van der Waals surface area contributed by atoms with E-state index < -0.39 is 15.8 Å². The number of anilines is 2. The molecule has 2 heterocycles. The van der Waals surface area contributed by atoms with Gasteiger partial charge in [-0.2, -0.15) is 0 Å². The molecule has 29 heavy (non-hydrogen) atoms. The number of sulfonamides is 1. The molecule has 11 heteroatoms. The Balaban J connectivity index is 1.80. The van der Waals surface area contributed by atoms with Crippen molar-refractivity contribution in [3.63, 3.8) is 0 Å². The predicted octanol–water partition coefficient (Wildman–Crippen LogP) is 4.77. The third-order valence-corrected chi connectivity index (χ3v) is 6.85. The fraction of sp³-hybridized carbons (Fsp3) is 0.111. The van der Waals surface area contributed by atoms with Crippen LogP contribution >= 0.6 is 22.9 Å². The molecular formula is C18H15ClFN3O4S2. The number of carbonyl (C=O) groups is 1. The third kappa shape index (κ3) is 5.03. The molecule has 0 aliphatic heterocycles. The Bertz CT molecular complexity index is 1200. The predicted molar refractivity (Wildman–Crippen MR) is 111 cm³/mol. The standard InChI is InChI=1S/C18H15ClFN3O4S2/c1-10-18(21-11(2)24)16(27-22-10)7-4-13-5-8-17(28-13)29(25,26)23-15-6-3-12(20)9-14(15)19/h3-9,23H,1-2H3,(H,21,24). The zero-order chi connectivity index (χ0) is 21.2. The van der Waals surface area contributed by atoms with Gasteiger partial charge in [-0.05, 0) is 49.4 Å². The van der Waals surface area contributed by atoms with Crippen LogP contribution in [0.4, 0.5) is 15.8 Å². The second-order valence-electron chi connectivity index (χ2n) is 5.91. The van der Waals surface area contributed by atoms with Crippen LogP contribution < -0.4 is 10.0 Å². The third-order valence-electron chi connectivity index (χ3n) is 3.63. The molecule has 0 spiro atoms. The Morgan fingerprint density at radius 1 is 1.28 bits per heavy atom. The Morgan fingerprint density at radius 3 is 2.72 bits per heavy atom. The van der Waals surface area contributed by atoms with Gasteiger partial charge in [-0.25, -0.2) is 12.8 Å². The summed E-state index contributed by atoms with van der Waals surface area (Å²) >= 11 is 6.89. The van der Waals surface area contributed by atoms with Crippen LogP contribution in [0.3, 0.4) is 0 Å². The lowest BCUT2D eigenvalue weighted by atomic mass is 10.2. The van der Waals surface area contributed by atoms with E-state index in [9.17, 15) is 17.6 Å².